The first-order chi connectivity index (χ1) is 13.0. The maximum atomic E-state index is 12.0. The zero-order valence-corrected chi connectivity index (χ0v) is 15.5. The topological polar surface area (TPSA) is 140 Å². The quantitative estimate of drug-likeness (QED) is 0.327. The summed E-state index contributed by atoms with van der Waals surface area (Å²) in [5, 5.41) is 15.4. The molecule has 0 aliphatic carbocycles. The number of hydrogen-bond donors (Lipinski definition) is 5. The van der Waals surface area contributed by atoms with E-state index >= 15 is 0 Å². The molecule has 0 spiro atoms. The monoisotopic (exact) mass is 378 g/mol. The molecule has 8 nitrogen and oxygen atoms in total. The van der Waals surface area contributed by atoms with E-state index in [1.54, 1.807) is 12.1 Å². The van der Waals surface area contributed by atoms with Crippen LogP contribution < -0.4 is 26.8 Å². The lowest BCUT2D eigenvalue weighted by molar-refractivity contribution is -0.128. The van der Waals surface area contributed by atoms with Crippen LogP contribution in [0, 0.1) is 0 Å². The van der Waals surface area contributed by atoms with Crippen LogP contribution in [0.4, 0.5) is 0 Å². The van der Waals surface area contributed by atoms with Gasteiger partial charge in [0.25, 0.3) is 5.91 Å². The second-order valence-corrected chi connectivity index (χ2v) is 6.94. The number of aliphatic hydroxyl groups is 1. The van der Waals surface area contributed by atoms with Crippen molar-refractivity contribution in [3.63, 3.8) is 0 Å². The lowest BCUT2D eigenvalue weighted by Crippen LogP contribution is -2.46. The molecule has 8 heteroatoms. The van der Waals surface area contributed by atoms with Crippen molar-refractivity contribution >= 4 is 11.8 Å². The molecule has 3 atom stereocenters. The third kappa shape index (κ3) is 7.54. The van der Waals surface area contributed by atoms with Gasteiger partial charge in [-0.2, -0.15) is 0 Å². The van der Waals surface area contributed by atoms with Gasteiger partial charge in [0.1, 0.15) is 11.8 Å². The fourth-order valence-electron chi connectivity index (χ4n) is 3.12. The summed E-state index contributed by atoms with van der Waals surface area (Å²) in [5.74, 6) is -0.373. The standard InChI is InChI=1S/C19H30N4O4/c20-8-2-1-3-17(19(21)26)23-18(25)12-27-16-6-4-13(5-7-16)9-14-10-15(24)11-22-14/h4-7,14-15,17,22,24H,1-3,8-12,20H2,(H2,21,26)(H,23,25)/t14-,15-,17+/m1/s1. The van der Waals surface area contributed by atoms with Gasteiger partial charge in [0.15, 0.2) is 6.61 Å². The molecule has 0 unspecified atom stereocenters. The Morgan fingerprint density at radius 1 is 1.30 bits per heavy atom. The van der Waals surface area contributed by atoms with E-state index in [0.29, 0.717) is 25.3 Å². The number of carbonyl (C=O) groups excluding carboxylic acids is 2. The van der Waals surface area contributed by atoms with Gasteiger partial charge in [-0.05, 0) is 56.3 Å². The van der Waals surface area contributed by atoms with E-state index in [9.17, 15) is 14.7 Å². The molecular formula is C19H30N4O4. The number of unbranched alkanes of at least 4 members (excludes halogenated alkanes) is 1. The molecule has 1 saturated heterocycles. The summed E-state index contributed by atoms with van der Waals surface area (Å²) in [7, 11) is 0. The van der Waals surface area contributed by atoms with Crippen molar-refractivity contribution < 1.29 is 19.4 Å². The molecule has 0 radical (unpaired) electrons. The lowest BCUT2D eigenvalue weighted by Gasteiger charge is -2.15. The number of nitrogens with two attached hydrogens (primary N) is 2. The zero-order valence-electron chi connectivity index (χ0n) is 15.5. The highest BCUT2D eigenvalue weighted by atomic mass is 16.5. The van der Waals surface area contributed by atoms with Gasteiger partial charge in [0.2, 0.25) is 5.91 Å². The summed E-state index contributed by atoms with van der Waals surface area (Å²) in [5.41, 5.74) is 11.9. The zero-order chi connectivity index (χ0) is 19.6. The van der Waals surface area contributed by atoms with Crippen molar-refractivity contribution in [1.82, 2.24) is 10.6 Å². The van der Waals surface area contributed by atoms with Crippen molar-refractivity contribution in [2.75, 3.05) is 19.7 Å². The highest BCUT2D eigenvalue weighted by molar-refractivity contribution is 5.87. The number of nitrogens with one attached hydrogen (secondary N) is 2. The van der Waals surface area contributed by atoms with E-state index < -0.39 is 11.9 Å². The van der Waals surface area contributed by atoms with Gasteiger partial charge in [0, 0.05) is 12.6 Å². The minimum atomic E-state index is -0.704. The summed E-state index contributed by atoms with van der Waals surface area (Å²) < 4.78 is 5.48. The van der Waals surface area contributed by atoms with Crippen LogP contribution in [0.5, 0.6) is 5.75 Å². The van der Waals surface area contributed by atoms with E-state index in [0.717, 1.165) is 31.2 Å². The van der Waals surface area contributed by atoms with Crippen molar-refractivity contribution in [3.8, 4) is 5.75 Å². The predicted molar refractivity (Wildman–Crippen MR) is 102 cm³/mol. The summed E-state index contributed by atoms with van der Waals surface area (Å²) in [6, 6.07) is 7.07. The molecule has 2 amide bonds. The highest BCUT2D eigenvalue weighted by Gasteiger charge is 2.22. The van der Waals surface area contributed by atoms with Crippen molar-refractivity contribution in [3.05, 3.63) is 29.8 Å². The molecule has 0 bridgehead atoms. The van der Waals surface area contributed by atoms with Gasteiger partial charge in [-0.3, -0.25) is 9.59 Å². The summed E-state index contributed by atoms with van der Waals surface area (Å²) in [4.78, 5) is 23.4. The Kier molecular flexibility index (Phi) is 8.50. The molecule has 0 aromatic heterocycles. The highest BCUT2D eigenvalue weighted by Crippen LogP contribution is 2.16. The van der Waals surface area contributed by atoms with Crippen LogP contribution in [0.3, 0.4) is 0 Å². The van der Waals surface area contributed by atoms with Gasteiger partial charge in [-0.1, -0.05) is 12.1 Å². The fourth-order valence-corrected chi connectivity index (χ4v) is 3.12. The number of β-amino-alcohol motifs (C(OH)–C–C–N with tert-alkyl or cyclic N) is 1. The number of ether oxygens (including phenoxy) is 1. The number of benzene rings is 1. The van der Waals surface area contributed by atoms with Crippen LogP contribution >= 0.6 is 0 Å². The Morgan fingerprint density at radius 3 is 2.63 bits per heavy atom. The van der Waals surface area contributed by atoms with Crippen molar-refractivity contribution in [1.29, 1.82) is 0 Å². The van der Waals surface area contributed by atoms with E-state index in [1.165, 1.54) is 0 Å². The van der Waals surface area contributed by atoms with Crippen LogP contribution in [0.25, 0.3) is 0 Å². The minimum Gasteiger partial charge on any atom is -0.484 e. The maximum Gasteiger partial charge on any atom is 0.258 e. The number of hydrogen-bond acceptors (Lipinski definition) is 6. The maximum absolute atomic E-state index is 12.0. The molecule has 1 aromatic rings. The second kappa shape index (κ2) is 10.9. The molecule has 1 fully saturated rings. The van der Waals surface area contributed by atoms with E-state index in [2.05, 4.69) is 10.6 Å². The molecule has 150 valence electrons. The van der Waals surface area contributed by atoms with Crippen LogP contribution in [-0.4, -0.2) is 54.8 Å². The summed E-state index contributed by atoms with van der Waals surface area (Å²) in [6.07, 6.45) is 3.29. The first-order valence-electron chi connectivity index (χ1n) is 9.40. The Hall–Kier alpha value is -2.16. The van der Waals surface area contributed by atoms with Gasteiger partial charge < -0.3 is 31.9 Å². The molecule has 0 saturated carbocycles. The van der Waals surface area contributed by atoms with Gasteiger partial charge >= 0.3 is 0 Å². The molecular weight excluding hydrogens is 348 g/mol. The number of aliphatic hydroxyl groups excluding tert-OH is 1. The smallest absolute Gasteiger partial charge is 0.258 e. The van der Waals surface area contributed by atoms with Crippen molar-refractivity contribution in [2.45, 2.75) is 50.3 Å². The molecule has 7 N–H and O–H groups in total. The van der Waals surface area contributed by atoms with E-state index in [4.69, 9.17) is 16.2 Å². The lowest BCUT2D eigenvalue weighted by atomic mass is 10.0. The molecule has 2 rings (SSSR count). The van der Waals surface area contributed by atoms with Gasteiger partial charge in [-0.15, -0.1) is 0 Å². The first-order valence-corrected chi connectivity index (χ1v) is 9.40. The summed E-state index contributed by atoms with van der Waals surface area (Å²) in [6.45, 7) is 0.992. The average molecular weight is 378 g/mol. The fraction of sp³-hybridized carbons (Fsp3) is 0.579. The SMILES string of the molecule is NCCCC[C@H](NC(=O)COc1ccc(C[C@@H]2C[C@@H](O)CN2)cc1)C(N)=O. The molecule has 27 heavy (non-hydrogen) atoms. The Balaban J connectivity index is 1.74. The Morgan fingerprint density at radius 2 is 2.04 bits per heavy atom. The average Bonchev–Trinajstić information content (AvgIpc) is 3.05. The van der Waals surface area contributed by atoms with E-state index in [1.807, 2.05) is 12.1 Å². The van der Waals surface area contributed by atoms with Gasteiger partial charge in [0.05, 0.1) is 6.10 Å². The number of rotatable bonds is 11. The van der Waals surface area contributed by atoms with E-state index in [-0.39, 0.29) is 24.7 Å². The Bertz CT molecular complexity index is 608. The first kappa shape index (κ1) is 21.1. The largest absolute Gasteiger partial charge is 0.484 e. The van der Waals surface area contributed by atoms with Crippen LogP contribution in [0.15, 0.2) is 24.3 Å². The van der Waals surface area contributed by atoms with Gasteiger partial charge in [-0.25, -0.2) is 0 Å². The number of primary amides is 1. The van der Waals surface area contributed by atoms with Crippen LogP contribution in [0.1, 0.15) is 31.2 Å². The molecule has 1 heterocycles. The Labute approximate surface area is 159 Å². The normalized spacial score (nSPS) is 20.2. The third-order valence-electron chi connectivity index (χ3n) is 4.60. The minimum absolute atomic E-state index is 0.184. The summed E-state index contributed by atoms with van der Waals surface area (Å²) >= 11 is 0. The molecule has 1 aliphatic heterocycles. The molecule has 1 aliphatic rings. The van der Waals surface area contributed by atoms with Crippen LogP contribution in [0.2, 0.25) is 0 Å². The van der Waals surface area contributed by atoms with Crippen molar-refractivity contribution in [2.24, 2.45) is 11.5 Å². The number of amides is 2. The molecule has 1 aromatic carbocycles. The predicted octanol–water partition coefficient (Wildman–Crippen LogP) is -0.570. The second-order valence-electron chi connectivity index (χ2n) is 6.94. The number of carbonyl (C=O) groups is 2. The van der Waals surface area contributed by atoms with Crippen LogP contribution in [-0.2, 0) is 16.0 Å². The third-order valence-corrected chi connectivity index (χ3v) is 4.60.